The molecule has 2 fully saturated rings. The van der Waals surface area contributed by atoms with Gasteiger partial charge < -0.3 is 15.0 Å². The molecule has 2 heterocycles. The van der Waals surface area contributed by atoms with Gasteiger partial charge in [0.15, 0.2) is 0 Å². The fourth-order valence-electron chi connectivity index (χ4n) is 3.71. The van der Waals surface area contributed by atoms with Crippen LogP contribution in [-0.2, 0) is 4.79 Å². The van der Waals surface area contributed by atoms with Crippen LogP contribution in [0.15, 0.2) is 30.5 Å². The highest BCUT2D eigenvalue weighted by Gasteiger charge is 2.42. The highest BCUT2D eigenvalue weighted by atomic mass is 32.2. The van der Waals surface area contributed by atoms with Gasteiger partial charge in [-0.25, -0.2) is 13.8 Å². The second-order valence-corrected chi connectivity index (χ2v) is 9.38. The monoisotopic (exact) mass is 453 g/mol. The van der Waals surface area contributed by atoms with Crippen molar-refractivity contribution in [3.05, 3.63) is 42.1 Å². The molecule has 0 bridgehead atoms. The third-order valence-electron chi connectivity index (χ3n) is 6.05. The number of carbonyl (C=O) groups is 1. The van der Waals surface area contributed by atoms with Crippen LogP contribution in [-0.4, -0.2) is 21.6 Å². The van der Waals surface area contributed by atoms with Gasteiger partial charge in [0.1, 0.15) is 23.1 Å². The summed E-state index contributed by atoms with van der Waals surface area (Å²) in [6, 6.07) is 7.82. The molecule has 0 saturated heterocycles. The van der Waals surface area contributed by atoms with Crippen molar-refractivity contribution in [3.63, 3.8) is 0 Å². The Bertz CT molecular complexity index is 1240. The molecular weight excluding hydrogens is 432 g/mol. The first-order valence-electron chi connectivity index (χ1n) is 10.5. The SMILES string of the molecule is N#CCC1(CSNc2cc(F)c(-c3cc(NC(=O)C4CC4)nc4[nH]ccc34)cc2F)CC1. The van der Waals surface area contributed by atoms with Gasteiger partial charge in [-0.1, -0.05) is 11.9 Å². The van der Waals surface area contributed by atoms with Gasteiger partial charge in [-0.2, -0.15) is 5.26 Å². The van der Waals surface area contributed by atoms with Crippen LogP contribution in [0.2, 0.25) is 0 Å². The molecule has 5 rings (SSSR count). The number of hydrogen-bond donors (Lipinski definition) is 3. The van der Waals surface area contributed by atoms with E-state index in [1.54, 1.807) is 18.3 Å². The van der Waals surface area contributed by atoms with Gasteiger partial charge >= 0.3 is 0 Å². The van der Waals surface area contributed by atoms with Gasteiger partial charge in [0.25, 0.3) is 0 Å². The smallest absolute Gasteiger partial charge is 0.228 e. The molecule has 0 radical (unpaired) electrons. The number of nitrogens with zero attached hydrogens (tertiary/aromatic N) is 2. The van der Waals surface area contributed by atoms with Gasteiger partial charge in [-0.05, 0) is 54.9 Å². The number of halogens is 2. The van der Waals surface area contributed by atoms with E-state index in [0.29, 0.717) is 34.6 Å². The van der Waals surface area contributed by atoms with E-state index in [-0.39, 0.29) is 28.5 Å². The summed E-state index contributed by atoms with van der Waals surface area (Å²) in [5.41, 5.74) is 1.09. The standard InChI is InChI=1S/C23H21F2N5OS/c24-17-11-19(30-32-12-23(4-5-23)6-7-26)18(25)9-16(17)15-10-20(29-22(31)13-1-2-13)28-21-14(15)3-8-27-21/h3,8-11,13,30H,1-2,4-6,12H2,(H2,27,28,29,31). The van der Waals surface area contributed by atoms with Crippen LogP contribution < -0.4 is 10.0 Å². The third-order valence-corrected chi connectivity index (χ3v) is 7.17. The molecule has 0 unspecified atom stereocenters. The number of amides is 1. The lowest BCUT2D eigenvalue weighted by Crippen LogP contribution is -2.14. The maximum absolute atomic E-state index is 15.1. The van der Waals surface area contributed by atoms with Crippen LogP contribution in [0.1, 0.15) is 32.1 Å². The Morgan fingerprint density at radius 1 is 1.25 bits per heavy atom. The Balaban J connectivity index is 1.40. The molecular formula is C23H21F2N5OS. The number of carbonyl (C=O) groups excluding carboxylic acids is 1. The zero-order valence-electron chi connectivity index (χ0n) is 17.2. The molecule has 3 N–H and O–H groups in total. The van der Waals surface area contributed by atoms with E-state index in [2.05, 4.69) is 26.1 Å². The third kappa shape index (κ3) is 4.15. The van der Waals surface area contributed by atoms with Crippen molar-refractivity contribution in [3.8, 4) is 17.2 Å². The predicted octanol–water partition coefficient (Wildman–Crippen LogP) is 5.61. The fourth-order valence-corrected chi connectivity index (χ4v) is 4.79. The molecule has 2 saturated carbocycles. The van der Waals surface area contributed by atoms with Gasteiger partial charge in [-0.3, -0.25) is 4.79 Å². The molecule has 32 heavy (non-hydrogen) atoms. The molecule has 6 nitrogen and oxygen atoms in total. The highest BCUT2D eigenvalue weighted by Crippen LogP contribution is 2.50. The van der Waals surface area contributed by atoms with Gasteiger partial charge in [0, 0.05) is 41.3 Å². The first kappa shape index (κ1) is 20.8. The van der Waals surface area contributed by atoms with Crippen LogP contribution in [0.4, 0.5) is 20.3 Å². The Morgan fingerprint density at radius 2 is 2.06 bits per heavy atom. The maximum Gasteiger partial charge on any atom is 0.228 e. The summed E-state index contributed by atoms with van der Waals surface area (Å²) in [7, 11) is 0. The van der Waals surface area contributed by atoms with E-state index < -0.39 is 11.6 Å². The van der Waals surface area contributed by atoms with Crippen molar-refractivity contribution in [1.29, 1.82) is 5.26 Å². The largest absolute Gasteiger partial charge is 0.346 e. The second kappa shape index (κ2) is 8.10. The minimum Gasteiger partial charge on any atom is -0.346 e. The van der Waals surface area contributed by atoms with Gasteiger partial charge in [-0.15, -0.1) is 0 Å². The zero-order chi connectivity index (χ0) is 22.3. The molecule has 0 atom stereocenters. The predicted molar refractivity (Wildman–Crippen MR) is 121 cm³/mol. The molecule has 164 valence electrons. The molecule has 0 spiro atoms. The van der Waals surface area contributed by atoms with Crippen molar-refractivity contribution in [2.75, 3.05) is 15.8 Å². The van der Waals surface area contributed by atoms with Crippen molar-refractivity contribution in [2.45, 2.75) is 32.1 Å². The summed E-state index contributed by atoms with van der Waals surface area (Å²) < 4.78 is 32.9. The van der Waals surface area contributed by atoms with Crippen LogP contribution in [0.3, 0.4) is 0 Å². The first-order chi connectivity index (χ1) is 15.5. The van der Waals surface area contributed by atoms with E-state index in [1.807, 2.05) is 0 Å². The Kier molecular flexibility index (Phi) is 5.25. The van der Waals surface area contributed by atoms with Crippen LogP contribution >= 0.6 is 11.9 Å². The van der Waals surface area contributed by atoms with Crippen LogP contribution in [0, 0.1) is 34.3 Å². The highest BCUT2D eigenvalue weighted by molar-refractivity contribution is 8.00. The van der Waals surface area contributed by atoms with Crippen molar-refractivity contribution >= 4 is 40.4 Å². The molecule has 1 aromatic carbocycles. The lowest BCUT2D eigenvalue weighted by Gasteiger charge is -2.14. The van der Waals surface area contributed by atoms with Crippen molar-refractivity contribution in [2.24, 2.45) is 11.3 Å². The summed E-state index contributed by atoms with van der Waals surface area (Å²) in [5.74, 6) is -0.301. The molecule has 2 aliphatic carbocycles. The number of anilines is 2. The number of rotatable bonds is 8. The number of benzene rings is 1. The van der Waals surface area contributed by atoms with E-state index in [0.717, 1.165) is 37.8 Å². The van der Waals surface area contributed by atoms with E-state index in [1.165, 1.54) is 11.9 Å². The van der Waals surface area contributed by atoms with E-state index in [4.69, 9.17) is 5.26 Å². The average Bonchev–Trinajstić information content (AvgIpc) is 3.69. The summed E-state index contributed by atoms with van der Waals surface area (Å²) in [5, 5.41) is 12.3. The summed E-state index contributed by atoms with van der Waals surface area (Å²) in [4.78, 5) is 19.5. The lowest BCUT2D eigenvalue weighted by atomic mass is 10.0. The molecule has 1 amide bonds. The van der Waals surface area contributed by atoms with Gasteiger partial charge in [0.2, 0.25) is 5.91 Å². The molecule has 0 aliphatic heterocycles. The lowest BCUT2D eigenvalue weighted by molar-refractivity contribution is -0.117. The molecule has 2 aliphatic rings. The number of H-pyrrole nitrogens is 1. The second-order valence-electron chi connectivity index (χ2n) is 8.60. The maximum atomic E-state index is 15.1. The number of pyridine rings is 1. The van der Waals surface area contributed by atoms with E-state index in [9.17, 15) is 9.18 Å². The summed E-state index contributed by atoms with van der Waals surface area (Å²) in [6.45, 7) is 0. The van der Waals surface area contributed by atoms with Crippen molar-refractivity contribution in [1.82, 2.24) is 9.97 Å². The van der Waals surface area contributed by atoms with Gasteiger partial charge in [0.05, 0.1) is 11.8 Å². The summed E-state index contributed by atoms with van der Waals surface area (Å²) >= 11 is 1.29. The van der Waals surface area contributed by atoms with Crippen LogP contribution in [0.5, 0.6) is 0 Å². The zero-order valence-corrected chi connectivity index (χ0v) is 18.0. The number of hydrogen-bond acceptors (Lipinski definition) is 5. The first-order valence-corrected chi connectivity index (χ1v) is 11.5. The normalized spacial score (nSPS) is 16.5. The molecule has 2 aromatic heterocycles. The minimum atomic E-state index is -0.583. The Labute approximate surface area is 187 Å². The fraction of sp³-hybridized carbons (Fsp3) is 0.348. The number of aromatic amines is 1. The number of nitriles is 1. The van der Waals surface area contributed by atoms with E-state index >= 15 is 4.39 Å². The quantitative estimate of drug-likeness (QED) is 0.386. The number of fused-ring (bicyclic) bond motifs is 1. The van der Waals surface area contributed by atoms with Crippen molar-refractivity contribution < 1.29 is 13.6 Å². The minimum absolute atomic E-state index is 0.000390. The molecule has 9 heteroatoms. The Hall–Kier alpha value is -3.12. The number of aromatic nitrogens is 2. The average molecular weight is 454 g/mol. The summed E-state index contributed by atoms with van der Waals surface area (Å²) in [6.07, 6.45) is 5.83. The number of nitrogens with one attached hydrogen (secondary N) is 3. The Morgan fingerprint density at radius 3 is 2.78 bits per heavy atom. The topological polar surface area (TPSA) is 93.6 Å². The molecule has 3 aromatic rings. The van der Waals surface area contributed by atoms with Crippen LogP contribution in [0.25, 0.3) is 22.2 Å².